The molecule has 0 aliphatic heterocycles. The van der Waals surface area contributed by atoms with Gasteiger partial charge in [-0.3, -0.25) is 0 Å². The molecule has 3 aromatic carbocycles. The van der Waals surface area contributed by atoms with Gasteiger partial charge in [0, 0.05) is 0 Å². The Morgan fingerprint density at radius 2 is 1.29 bits per heavy atom. The van der Waals surface area contributed by atoms with Crippen molar-refractivity contribution in [1.29, 1.82) is 0 Å². The van der Waals surface area contributed by atoms with E-state index in [9.17, 15) is 4.79 Å². The molecule has 0 bridgehead atoms. The zero-order chi connectivity index (χ0) is 16.8. The van der Waals surface area contributed by atoms with Crippen LogP contribution in [0.5, 0.6) is 0 Å². The summed E-state index contributed by atoms with van der Waals surface area (Å²) in [4.78, 5) is 15.8. The van der Waals surface area contributed by atoms with E-state index in [0.717, 1.165) is 4.90 Å². The van der Waals surface area contributed by atoms with Crippen molar-refractivity contribution in [3.8, 4) is 0 Å². The van der Waals surface area contributed by atoms with Crippen LogP contribution in [0.1, 0.15) is 17.3 Å². The molecule has 2 nitrogen and oxygen atoms in total. The molecule has 0 saturated carbocycles. The maximum atomic E-state index is 12.4. The molecule has 0 aromatic heterocycles. The van der Waals surface area contributed by atoms with Crippen molar-refractivity contribution in [3.05, 3.63) is 90.5 Å². The summed E-state index contributed by atoms with van der Waals surface area (Å²) >= 11 is 0. The lowest BCUT2D eigenvalue weighted by Crippen LogP contribution is -2.13. The Balaban J connectivity index is 2.16. The maximum Gasteiger partial charge on any atom is 0.343 e. The zero-order valence-corrected chi connectivity index (χ0v) is 14.3. The number of rotatable bonds is 5. The molecule has 24 heavy (non-hydrogen) atoms. The molecular formula is C21H19O2S+. The largest absolute Gasteiger partial charge is 0.462 e. The van der Waals surface area contributed by atoms with Gasteiger partial charge < -0.3 is 4.74 Å². The minimum atomic E-state index is -0.351. The molecule has 0 saturated heterocycles. The highest BCUT2D eigenvalue weighted by Gasteiger charge is 2.33. The Labute approximate surface area is 145 Å². The third kappa shape index (κ3) is 3.52. The Morgan fingerprint density at radius 1 is 0.792 bits per heavy atom. The first-order valence-electron chi connectivity index (χ1n) is 7.92. The van der Waals surface area contributed by atoms with Crippen molar-refractivity contribution in [2.75, 3.05) is 6.61 Å². The van der Waals surface area contributed by atoms with Crippen molar-refractivity contribution in [2.45, 2.75) is 21.6 Å². The molecule has 0 unspecified atom stereocenters. The average molecular weight is 335 g/mol. The van der Waals surface area contributed by atoms with Gasteiger partial charge in [-0.05, 0) is 43.3 Å². The van der Waals surface area contributed by atoms with E-state index < -0.39 is 0 Å². The van der Waals surface area contributed by atoms with Gasteiger partial charge in [0.05, 0.1) is 6.61 Å². The summed E-state index contributed by atoms with van der Waals surface area (Å²) < 4.78 is 5.26. The molecule has 3 rings (SSSR count). The second kappa shape index (κ2) is 7.84. The minimum Gasteiger partial charge on any atom is -0.462 e. The van der Waals surface area contributed by atoms with Gasteiger partial charge in [-0.1, -0.05) is 48.5 Å². The SMILES string of the molecule is CCOC(=O)c1ccccc1[S+](c1ccccc1)c1ccccc1. The lowest BCUT2D eigenvalue weighted by Gasteiger charge is -2.11. The van der Waals surface area contributed by atoms with Crippen molar-refractivity contribution >= 4 is 16.9 Å². The van der Waals surface area contributed by atoms with E-state index in [1.54, 1.807) is 0 Å². The van der Waals surface area contributed by atoms with Gasteiger partial charge in [0.2, 0.25) is 0 Å². The van der Waals surface area contributed by atoms with Crippen molar-refractivity contribution < 1.29 is 9.53 Å². The molecule has 0 amide bonds. The first-order chi connectivity index (χ1) is 11.8. The fourth-order valence-electron chi connectivity index (χ4n) is 2.53. The average Bonchev–Trinajstić information content (AvgIpc) is 2.64. The van der Waals surface area contributed by atoms with E-state index in [1.807, 2.05) is 67.6 Å². The number of hydrogen-bond donors (Lipinski definition) is 0. The van der Waals surface area contributed by atoms with Crippen LogP contribution in [0.3, 0.4) is 0 Å². The molecule has 3 heteroatoms. The smallest absolute Gasteiger partial charge is 0.343 e. The van der Waals surface area contributed by atoms with Crippen molar-refractivity contribution in [1.82, 2.24) is 0 Å². The minimum absolute atomic E-state index is 0.266. The maximum absolute atomic E-state index is 12.4. The molecule has 0 atom stereocenters. The highest BCUT2D eigenvalue weighted by molar-refractivity contribution is 7.97. The van der Waals surface area contributed by atoms with Gasteiger partial charge in [-0.2, -0.15) is 0 Å². The Bertz CT molecular complexity index is 761. The Kier molecular flexibility index (Phi) is 5.34. The van der Waals surface area contributed by atoms with Gasteiger partial charge in [-0.25, -0.2) is 4.79 Å². The molecule has 0 fully saturated rings. The summed E-state index contributed by atoms with van der Waals surface area (Å²) in [5.74, 6) is -0.266. The van der Waals surface area contributed by atoms with Gasteiger partial charge in [0.1, 0.15) is 16.5 Å². The summed E-state index contributed by atoms with van der Waals surface area (Å²) in [5.41, 5.74) is 0.635. The fourth-order valence-corrected chi connectivity index (χ4v) is 4.75. The number of hydrogen-bond acceptors (Lipinski definition) is 2. The summed E-state index contributed by atoms with van der Waals surface area (Å²) in [6.45, 7) is 2.20. The third-order valence-electron chi connectivity index (χ3n) is 3.56. The zero-order valence-electron chi connectivity index (χ0n) is 13.5. The Morgan fingerprint density at radius 3 is 1.83 bits per heavy atom. The lowest BCUT2D eigenvalue weighted by atomic mass is 10.2. The second-order valence-electron chi connectivity index (χ2n) is 5.15. The van der Waals surface area contributed by atoms with E-state index in [2.05, 4.69) is 24.3 Å². The summed E-state index contributed by atoms with van der Waals surface area (Å²) in [6, 6.07) is 28.3. The van der Waals surface area contributed by atoms with Crippen LogP contribution in [0.2, 0.25) is 0 Å². The van der Waals surface area contributed by atoms with Crippen molar-refractivity contribution in [3.63, 3.8) is 0 Å². The second-order valence-corrected chi connectivity index (χ2v) is 7.14. The summed E-state index contributed by atoms with van der Waals surface area (Å²) in [7, 11) is -0.351. The summed E-state index contributed by atoms with van der Waals surface area (Å²) in [6.07, 6.45) is 0. The van der Waals surface area contributed by atoms with E-state index >= 15 is 0 Å². The predicted molar refractivity (Wildman–Crippen MR) is 97.4 cm³/mol. The molecule has 0 N–H and O–H groups in total. The fraction of sp³-hybridized carbons (Fsp3) is 0.0952. The number of carbonyl (C=O) groups is 1. The van der Waals surface area contributed by atoms with Gasteiger partial charge in [-0.15, -0.1) is 0 Å². The number of benzene rings is 3. The van der Waals surface area contributed by atoms with Crippen LogP contribution in [-0.2, 0) is 15.6 Å². The van der Waals surface area contributed by atoms with Crippen molar-refractivity contribution in [2.24, 2.45) is 0 Å². The molecule has 0 heterocycles. The highest BCUT2D eigenvalue weighted by Crippen LogP contribution is 2.33. The lowest BCUT2D eigenvalue weighted by molar-refractivity contribution is 0.0522. The van der Waals surface area contributed by atoms with Crippen LogP contribution in [-0.4, -0.2) is 12.6 Å². The standard InChI is InChI=1S/C21H19O2S/c1-2-23-21(22)19-15-9-10-16-20(19)24(17-11-5-3-6-12-17)18-13-7-4-8-14-18/h3-16H,2H2,1H3/q+1. The molecular weight excluding hydrogens is 316 g/mol. The molecule has 0 radical (unpaired) electrons. The first-order valence-corrected chi connectivity index (χ1v) is 9.14. The molecule has 0 aliphatic rings. The molecule has 3 aromatic rings. The van der Waals surface area contributed by atoms with Crippen LogP contribution in [0, 0.1) is 0 Å². The molecule has 120 valence electrons. The monoisotopic (exact) mass is 335 g/mol. The topological polar surface area (TPSA) is 26.3 Å². The van der Waals surface area contributed by atoms with Crippen LogP contribution in [0.25, 0.3) is 0 Å². The van der Waals surface area contributed by atoms with Crippen LogP contribution in [0.4, 0.5) is 0 Å². The van der Waals surface area contributed by atoms with Crippen LogP contribution < -0.4 is 0 Å². The van der Waals surface area contributed by atoms with E-state index in [1.165, 1.54) is 9.79 Å². The predicted octanol–water partition coefficient (Wildman–Crippen LogP) is 4.96. The number of esters is 1. The van der Waals surface area contributed by atoms with Gasteiger partial charge >= 0.3 is 5.97 Å². The Hall–Kier alpha value is -2.52. The van der Waals surface area contributed by atoms with Gasteiger partial charge in [0.15, 0.2) is 14.7 Å². The quantitative estimate of drug-likeness (QED) is 0.487. The van der Waals surface area contributed by atoms with E-state index in [0.29, 0.717) is 12.2 Å². The van der Waals surface area contributed by atoms with E-state index in [-0.39, 0.29) is 16.9 Å². The first kappa shape index (κ1) is 16.3. The third-order valence-corrected chi connectivity index (χ3v) is 5.84. The van der Waals surface area contributed by atoms with Gasteiger partial charge in [0.25, 0.3) is 0 Å². The molecule has 0 spiro atoms. The van der Waals surface area contributed by atoms with E-state index in [4.69, 9.17) is 4.74 Å². The highest BCUT2D eigenvalue weighted by atomic mass is 32.2. The summed E-state index contributed by atoms with van der Waals surface area (Å²) in [5, 5.41) is 0. The van der Waals surface area contributed by atoms with Crippen LogP contribution >= 0.6 is 0 Å². The molecule has 0 aliphatic carbocycles. The normalized spacial score (nSPS) is 10.6. The number of ether oxygens (including phenoxy) is 1. The number of carbonyl (C=O) groups excluding carboxylic acids is 1. The van der Waals surface area contributed by atoms with Crippen LogP contribution in [0.15, 0.2) is 99.6 Å².